The van der Waals surface area contributed by atoms with E-state index >= 15 is 0 Å². The monoisotopic (exact) mass is 374 g/mol. The van der Waals surface area contributed by atoms with Crippen molar-refractivity contribution in [2.45, 2.75) is 12.5 Å². The SMILES string of the molecule is CNC(=O)NC(=O)[C@H](OC(=O)Cc1ccc(OC)c(F)c1)c1ccccc1. The molecule has 0 bridgehead atoms. The Balaban J connectivity index is 2.14. The number of rotatable bonds is 6. The average molecular weight is 374 g/mol. The Morgan fingerprint density at radius 3 is 2.41 bits per heavy atom. The van der Waals surface area contributed by atoms with E-state index in [0.29, 0.717) is 11.1 Å². The van der Waals surface area contributed by atoms with Crippen LogP contribution in [0.25, 0.3) is 0 Å². The van der Waals surface area contributed by atoms with Crippen molar-refractivity contribution < 1.29 is 28.2 Å². The first kappa shape index (κ1) is 19.9. The van der Waals surface area contributed by atoms with Crippen LogP contribution in [0, 0.1) is 5.82 Å². The number of ether oxygens (including phenoxy) is 2. The van der Waals surface area contributed by atoms with E-state index in [1.54, 1.807) is 30.3 Å². The van der Waals surface area contributed by atoms with Gasteiger partial charge in [-0.05, 0) is 17.7 Å². The molecule has 0 saturated heterocycles. The van der Waals surface area contributed by atoms with Crippen LogP contribution in [0.2, 0.25) is 0 Å². The molecule has 2 aromatic carbocycles. The topological polar surface area (TPSA) is 93.7 Å². The van der Waals surface area contributed by atoms with Gasteiger partial charge in [-0.1, -0.05) is 36.4 Å². The summed E-state index contributed by atoms with van der Waals surface area (Å²) >= 11 is 0. The van der Waals surface area contributed by atoms with Gasteiger partial charge in [0.25, 0.3) is 5.91 Å². The molecule has 2 aromatic rings. The second-order valence-corrected chi connectivity index (χ2v) is 5.49. The van der Waals surface area contributed by atoms with Crippen LogP contribution in [-0.2, 0) is 20.7 Å². The van der Waals surface area contributed by atoms with Crippen LogP contribution in [-0.4, -0.2) is 32.1 Å². The lowest BCUT2D eigenvalue weighted by Gasteiger charge is -2.17. The Hall–Kier alpha value is -3.42. The molecular weight excluding hydrogens is 355 g/mol. The van der Waals surface area contributed by atoms with Gasteiger partial charge in [-0.3, -0.25) is 14.9 Å². The molecule has 0 aliphatic rings. The summed E-state index contributed by atoms with van der Waals surface area (Å²) in [6, 6.07) is 11.6. The highest BCUT2D eigenvalue weighted by Gasteiger charge is 2.26. The Morgan fingerprint density at radius 1 is 1.11 bits per heavy atom. The first-order valence-electron chi connectivity index (χ1n) is 8.04. The van der Waals surface area contributed by atoms with Crippen LogP contribution < -0.4 is 15.4 Å². The number of halogens is 1. The molecule has 0 aromatic heterocycles. The molecule has 27 heavy (non-hydrogen) atoms. The first-order valence-corrected chi connectivity index (χ1v) is 8.04. The number of imide groups is 1. The van der Waals surface area contributed by atoms with Gasteiger partial charge in [0.05, 0.1) is 13.5 Å². The molecule has 2 rings (SSSR count). The Labute approximate surface area is 155 Å². The van der Waals surface area contributed by atoms with E-state index in [9.17, 15) is 18.8 Å². The zero-order valence-corrected chi connectivity index (χ0v) is 14.8. The van der Waals surface area contributed by atoms with Gasteiger partial charge < -0.3 is 14.8 Å². The predicted molar refractivity (Wildman–Crippen MR) is 94.5 cm³/mol. The number of methoxy groups -OCH3 is 1. The Bertz CT molecular complexity index is 826. The van der Waals surface area contributed by atoms with Gasteiger partial charge in [-0.25, -0.2) is 9.18 Å². The predicted octanol–water partition coefficient (Wildman–Crippen LogP) is 2.12. The van der Waals surface area contributed by atoms with Crippen molar-refractivity contribution in [2.75, 3.05) is 14.2 Å². The highest BCUT2D eigenvalue weighted by Crippen LogP contribution is 2.21. The van der Waals surface area contributed by atoms with Crippen LogP contribution in [0.15, 0.2) is 48.5 Å². The molecule has 7 nitrogen and oxygen atoms in total. The van der Waals surface area contributed by atoms with E-state index in [4.69, 9.17) is 9.47 Å². The average Bonchev–Trinajstić information content (AvgIpc) is 2.66. The molecule has 3 amide bonds. The lowest BCUT2D eigenvalue weighted by molar-refractivity contribution is -0.155. The van der Waals surface area contributed by atoms with E-state index in [2.05, 4.69) is 10.6 Å². The fourth-order valence-electron chi connectivity index (χ4n) is 2.30. The lowest BCUT2D eigenvalue weighted by atomic mass is 10.1. The van der Waals surface area contributed by atoms with Gasteiger partial charge in [0, 0.05) is 12.6 Å². The van der Waals surface area contributed by atoms with Crippen molar-refractivity contribution in [3.63, 3.8) is 0 Å². The number of esters is 1. The van der Waals surface area contributed by atoms with Crippen LogP contribution in [0.5, 0.6) is 5.75 Å². The summed E-state index contributed by atoms with van der Waals surface area (Å²) < 4.78 is 23.8. The second-order valence-electron chi connectivity index (χ2n) is 5.49. The molecule has 0 spiro atoms. The summed E-state index contributed by atoms with van der Waals surface area (Å²) in [5.74, 6) is -2.10. The van der Waals surface area contributed by atoms with Crippen molar-refractivity contribution in [1.29, 1.82) is 0 Å². The van der Waals surface area contributed by atoms with Crippen molar-refractivity contribution in [3.8, 4) is 5.75 Å². The van der Waals surface area contributed by atoms with Gasteiger partial charge in [0.15, 0.2) is 11.6 Å². The quantitative estimate of drug-likeness (QED) is 0.756. The molecule has 0 aliphatic heterocycles. The number of benzene rings is 2. The maximum Gasteiger partial charge on any atom is 0.321 e. The van der Waals surface area contributed by atoms with Gasteiger partial charge in [0.1, 0.15) is 0 Å². The molecule has 1 atom stereocenters. The van der Waals surface area contributed by atoms with E-state index in [0.717, 1.165) is 6.07 Å². The number of carbonyl (C=O) groups is 3. The molecule has 0 unspecified atom stereocenters. The molecule has 8 heteroatoms. The molecule has 142 valence electrons. The van der Waals surface area contributed by atoms with E-state index in [-0.39, 0.29) is 12.2 Å². The summed E-state index contributed by atoms with van der Waals surface area (Å²) in [4.78, 5) is 36.0. The molecule has 0 aliphatic carbocycles. The second kappa shape index (κ2) is 9.33. The zero-order valence-electron chi connectivity index (χ0n) is 14.8. The van der Waals surface area contributed by atoms with Crippen molar-refractivity contribution in [1.82, 2.24) is 10.6 Å². The normalized spacial score (nSPS) is 11.2. The Kier molecular flexibility index (Phi) is 6.87. The number of nitrogens with one attached hydrogen (secondary N) is 2. The highest BCUT2D eigenvalue weighted by atomic mass is 19.1. The fraction of sp³-hybridized carbons (Fsp3) is 0.211. The minimum absolute atomic E-state index is 0.0548. The van der Waals surface area contributed by atoms with Crippen LogP contribution >= 0.6 is 0 Å². The summed E-state index contributed by atoms with van der Waals surface area (Å²) in [5.41, 5.74) is 0.755. The smallest absolute Gasteiger partial charge is 0.321 e. The number of amides is 3. The van der Waals surface area contributed by atoms with Crippen molar-refractivity contribution >= 4 is 17.9 Å². The third kappa shape index (κ3) is 5.53. The minimum atomic E-state index is -1.32. The Morgan fingerprint density at radius 2 is 1.81 bits per heavy atom. The number of hydrogen-bond acceptors (Lipinski definition) is 5. The van der Waals surface area contributed by atoms with E-state index in [1.807, 2.05) is 0 Å². The van der Waals surface area contributed by atoms with Crippen LogP contribution in [0.1, 0.15) is 17.2 Å². The number of carbonyl (C=O) groups excluding carboxylic acids is 3. The van der Waals surface area contributed by atoms with Gasteiger partial charge in [-0.2, -0.15) is 0 Å². The zero-order chi connectivity index (χ0) is 19.8. The standard InChI is InChI=1S/C19H19FN2O5/c1-21-19(25)22-18(24)17(13-6-4-3-5-7-13)27-16(23)11-12-8-9-15(26-2)14(20)10-12/h3-10,17H,11H2,1-2H3,(H2,21,22,24,25)/t17-/m1/s1. The van der Waals surface area contributed by atoms with Gasteiger partial charge in [0.2, 0.25) is 6.10 Å². The van der Waals surface area contributed by atoms with Gasteiger partial charge in [-0.15, -0.1) is 0 Å². The number of hydrogen-bond donors (Lipinski definition) is 2. The highest BCUT2D eigenvalue weighted by molar-refractivity contribution is 5.97. The third-order valence-electron chi connectivity index (χ3n) is 3.62. The van der Waals surface area contributed by atoms with Crippen molar-refractivity contribution in [2.24, 2.45) is 0 Å². The summed E-state index contributed by atoms with van der Waals surface area (Å²) in [5, 5.41) is 4.33. The summed E-state index contributed by atoms with van der Waals surface area (Å²) in [7, 11) is 2.69. The molecule has 0 radical (unpaired) electrons. The summed E-state index contributed by atoms with van der Waals surface area (Å²) in [6.45, 7) is 0. The fourth-order valence-corrected chi connectivity index (χ4v) is 2.30. The van der Waals surface area contributed by atoms with Gasteiger partial charge >= 0.3 is 12.0 Å². The molecular formula is C19H19FN2O5. The molecule has 0 heterocycles. The maximum absolute atomic E-state index is 13.8. The number of urea groups is 1. The van der Waals surface area contributed by atoms with Crippen LogP contribution in [0.4, 0.5) is 9.18 Å². The molecule has 0 fully saturated rings. The third-order valence-corrected chi connectivity index (χ3v) is 3.62. The first-order chi connectivity index (χ1) is 12.9. The van der Waals surface area contributed by atoms with E-state index < -0.39 is 29.8 Å². The van der Waals surface area contributed by atoms with E-state index in [1.165, 1.54) is 26.3 Å². The molecule has 2 N–H and O–H groups in total. The minimum Gasteiger partial charge on any atom is -0.494 e. The maximum atomic E-state index is 13.8. The lowest BCUT2D eigenvalue weighted by Crippen LogP contribution is -2.41. The largest absolute Gasteiger partial charge is 0.494 e. The molecule has 0 saturated carbocycles. The van der Waals surface area contributed by atoms with Crippen molar-refractivity contribution in [3.05, 3.63) is 65.5 Å². The summed E-state index contributed by atoms with van der Waals surface area (Å²) in [6.07, 6.45) is -1.57. The van der Waals surface area contributed by atoms with Crippen LogP contribution in [0.3, 0.4) is 0 Å².